The first kappa shape index (κ1) is 18.2. The van der Waals surface area contributed by atoms with Gasteiger partial charge in [0.05, 0.1) is 6.54 Å². The molecule has 2 aliphatic rings. The molecule has 25 heavy (non-hydrogen) atoms. The molecule has 7 nitrogen and oxygen atoms in total. The van der Waals surface area contributed by atoms with Crippen LogP contribution in [0.5, 0.6) is 0 Å². The number of fused-ring (bicyclic) bond motifs is 1. The fourth-order valence-electron chi connectivity index (χ4n) is 3.82. The molecular weight excluding hydrogens is 314 g/mol. The zero-order valence-electron chi connectivity index (χ0n) is 16.1. The van der Waals surface area contributed by atoms with Crippen LogP contribution in [0, 0.1) is 5.92 Å². The van der Waals surface area contributed by atoms with E-state index in [1.807, 2.05) is 7.05 Å². The highest BCUT2D eigenvalue weighted by molar-refractivity contribution is 5.80. The van der Waals surface area contributed by atoms with Crippen LogP contribution < -0.4 is 10.6 Å². The van der Waals surface area contributed by atoms with Crippen molar-refractivity contribution in [3.8, 4) is 0 Å². The van der Waals surface area contributed by atoms with Gasteiger partial charge in [0.25, 0.3) is 0 Å². The number of aryl methyl sites for hydroxylation is 1. The minimum absolute atomic E-state index is 0.434. The van der Waals surface area contributed by atoms with Gasteiger partial charge in [-0.3, -0.25) is 9.89 Å². The Kier molecular flexibility index (Phi) is 5.93. The van der Waals surface area contributed by atoms with Crippen molar-refractivity contribution in [3.05, 3.63) is 11.6 Å². The second-order valence-electron chi connectivity index (χ2n) is 7.70. The molecule has 140 valence electrons. The number of hydrogen-bond donors (Lipinski definition) is 2. The third-order valence-electron chi connectivity index (χ3n) is 5.52. The zero-order chi connectivity index (χ0) is 17.8. The molecule has 2 aliphatic heterocycles. The van der Waals surface area contributed by atoms with Crippen molar-refractivity contribution in [2.45, 2.75) is 71.6 Å². The van der Waals surface area contributed by atoms with Crippen molar-refractivity contribution in [3.63, 3.8) is 0 Å². The van der Waals surface area contributed by atoms with Crippen LogP contribution in [0.2, 0.25) is 0 Å². The smallest absolute Gasteiger partial charge is 0.191 e. The normalized spacial score (nSPS) is 25.1. The van der Waals surface area contributed by atoms with Crippen molar-refractivity contribution in [2.75, 3.05) is 20.1 Å². The van der Waals surface area contributed by atoms with Crippen molar-refractivity contribution in [1.82, 2.24) is 30.3 Å². The molecule has 2 unspecified atom stereocenters. The summed E-state index contributed by atoms with van der Waals surface area (Å²) in [4.78, 5) is 6.93. The van der Waals surface area contributed by atoms with Crippen LogP contribution in [0.4, 0.5) is 0 Å². The molecule has 0 spiro atoms. The van der Waals surface area contributed by atoms with Crippen LogP contribution >= 0.6 is 0 Å². The van der Waals surface area contributed by atoms with Gasteiger partial charge < -0.3 is 15.2 Å². The van der Waals surface area contributed by atoms with E-state index in [-0.39, 0.29) is 0 Å². The third kappa shape index (κ3) is 4.32. The van der Waals surface area contributed by atoms with E-state index in [0.29, 0.717) is 24.5 Å². The first-order valence-electron chi connectivity index (χ1n) is 9.70. The predicted octanol–water partition coefficient (Wildman–Crippen LogP) is 1.40. The number of nitrogens with zero attached hydrogens (tertiary/aromatic N) is 5. The number of nitrogens with one attached hydrogen (secondary N) is 2. The monoisotopic (exact) mass is 347 g/mol. The highest BCUT2D eigenvalue weighted by Crippen LogP contribution is 2.18. The zero-order valence-corrected chi connectivity index (χ0v) is 16.1. The number of likely N-dealkylation sites (tertiary alicyclic amines) is 1. The lowest BCUT2D eigenvalue weighted by atomic mass is 10.1. The molecule has 0 saturated carbocycles. The van der Waals surface area contributed by atoms with Gasteiger partial charge in [0, 0.05) is 45.2 Å². The summed E-state index contributed by atoms with van der Waals surface area (Å²) in [5, 5.41) is 15.8. The summed E-state index contributed by atoms with van der Waals surface area (Å²) >= 11 is 0. The molecule has 1 fully saturated rings. The van der Waals surface area contributed by atoms with Gasteiger partial charge in [-0.05, 0) is 32.6 Å². The van der Waals surface area contributed by atoms with E-state index < -0.39 is 0 Å². The summed E-state index contributed by atoms with van der Waals surface area (Å²) in [5.41, 5.74) is 0. The number of rotatable bonds is 4. The van der Waals surface area contributed by atoms with Gasteiger partial charge >= 0.3 is 0 Å². The fraction of sp³-hybridized carbons (Fsp3) is 0.833. The number of aliphatic imine (C=N–C) groups is 1. The van der Waals surface area contributed by atoms with E-state index in [4.69, 9.17) is 0 Å². The summed E-state index contributed by atoms with van der Waals surface area (Å²) in [7, 11) is 1.83. The molecule has 0 bridgehead atoms. The second kappa shape index (κ2) is 8.17. The Hall–Kier alpha value is -1.63. The van der Waals surface area contributed by atoms with Crippen molar-refractivity contribution >= 4 is 5.96 Å². The Bertz CT molecular complexity index is 592. The molecular formula is C18H33N7. The maximum absolute atomic E-state index is 4.40. The molecule has 1 aromatic heterocycles. The Balaban J connectivity index is 1.56. The molecule has 1 aromatic rings. The highest BCUT2D eigenvalue weighted by atomic mass is 15.3. The molecule has 3 heterocycles. The Morgan fingerprint density at radius 2 is 2.08 bits per heavy atom. The largest absolute Gasteiger partial charge is 0.352 e. The van der Waals surface area contributed by atoms with Crippen molar-refractivity contribution in [1.29, 1.82) is 0 Å². The van der Waals surface area contributed by atoms with Crippen LogP contribution in [0.25, 0.3) is 0 Å². The first-order valence-corrected chi connectivity index (χ1v) is 9.70. The molecule has 0 aromatic carbocycles. The minimum atomic E-state index is 0.434. The summed E-state index contributed by atoms with van der Waals surface area (Å²) in [5.74, 6) is 3.62. The van der Waals surface area contributed by atoms with Gasteiger partial charge in [0.1, 0.15) is 5.82 Å². The average Bonchev–Trinajstić information content (AvgIpc) is 3.06. The fourth-order valence-corrected chi connectivity index (χ4v) is 3.82. The molecule has 2 N–H and O–H groups in total. The van der Waals surface area contributed by atoms with Crippen molar-refractivity contribution < 1.29 is 0 Å². The van der Waals surface area contributed by atoms with Crippen LogP contribution in [-0.4, -0.2) is 57.8 Å². The standard InChI is InChI=1S/C18H33N7/c1-13(2)24-11-14(3)15(12-24)21-18(19-4)20-10-17-23-22-16-8-6-5-7-9-25(16)17/h13-15H,5-12H2,1-4H3,(H2,19,20,21). The van der Waals surface area contributed by atoms with Gasteiger partial charge in [0.2, 0.25) is 0 Å². The number of hydrogen-bond acceptors (Lipinski definition) is 4. The molecule has 7 heteroatoms. The average molecular weight is 348 g/mol. The Morgan fingerprint density at radius 3 is 2.80 bits per heavy atom. The predicted molar refractivity (Wildman–Crippen MR) is 101 cm³/mol. The highest BCUT2D eigenvalue weighted by Gasteiger charge is 2.31. The summed E-state index contributed by atoms with van der Waals surface area (Å²) in [6.07, 6.45) is 4.77. The molecule has 3 rings (SSSR count). The molecule has 1 saturated heterocycles. The van der Waals surface area contributed by atoms with Gasteiger partial charge in [-0.15, -0.1) is 10.2 Å². The van der Waals surface area contributed by atoms with E-state index in [9.17, 15) is 0 Å². The van der Waals surface area contributed by atoms with Crippen LogP contribution in [-0.2, 0) is 19.5 Å². The molecule has 2 atom stereocenters. The summed E-state index contributed by atoms with van der Waals surface area (Å²) in [6.45, 7) is 10.8. The van der Waals surface area contributed by atoms with Gasteiger partial charge in [-0.25, -0.2) is 0 Å². The summed E-state index contributed by atoms with van der Waals surface area (Å²) in [6, 6.07) is 1.03. The van der Waals surface area contributed by atoms with E-state index in [0.717, 1.165) is 43.7 Å². The maximum atomic E-state index is 4.40. The van der Waals surface area contributed by atoms with E-state index in [2.05, 4.69) is 56.1 Å². The Morgan fingerprint density at radius 1 is 1.24 bits per heavy atom. The molecule has 0 aliphatic carbocycles. The van der Waals surface area contributed by atoms with Crippen LogP contribution in [0.15, 0.2) is 4.99 Å². The topological polar surface area (TPSA) is 70.4 Å². The maximum Gasteiger partial charge on any atom is 0.191 e. The van der Waals surface area contributed by atoms with Crippen LogP contribution in [0.3, 0.4) is 0 Å². The first-order chi connectivity index (χ1) is 12.1. The van der Waals surface area contributed by atoms with Gasteiger partial charge in [0.15, 0.2) is 11.8 Å². The minimum Gasteiger partial charge on any atom is -0.352 e. The summed E-state index contributed by atoms with van der Waals surface area (Å²) < 4.78 is 2.28. The lowest BCUT2D eigenvalue weighted by Crippen LogP contribution is -2.46. The second-order valence-corrected chi connectivity index (χ2v) is 7.70. The van der Waals surface area contributed by atoms with Gasteiger partial charge in [-0.1, -0.05) is 13.3 Å². The third-order valence-corrected chi connectivity index (χ3v) is 5.52. The van der Waals surface area contributed by atoms with E-state index in [1.54, 1.807) is 0 Å². The lowest BCUT2D eigenvalue weighted by Gasteiger charge is -2.22. The number of guanidine groups is 1. The molecule has 0 amide bonds. The van der Waals surface area contributed by atoms with Crippen molar-refractivity contribution in [2.24, 2.45) is 10.9 Å². The SMILES string of the molecule is CN=C(NCc1nnc2n1CCCCC2)NC1CN(C(C)C)CC1C. The van der Waals surface area contributed by atoms with E-state index in [1.165, 1.54) is 19.3 Å². The molecule has 0 radical (unpaired) electrons. The number of aromatic nitrogens is 3. The quantitative estimate of drug-likeness (QED) is 0.636. The van der Waals surface area contributed by atoms with Gasteiger partial charge in [-0.2, -0.15) is 0 Å². The lowest BCUT2D eigenvalue weighted by molar-refractivity contribution is 0.265. The Labute approximate surface area is 151 Å². The van der Waals surface area contributed by atoms with E-state index >= 15 is 0 Å². The van der Waals surface area contributed by atoms with Crippen LogP contribution in [0.1, 0.15) is 51.7 Å².